The minimum Gasteiger partial charge on any atom is -0.494 e. The van der Waals surface area contributed by atoms with E-state index >= 15 is 0 Å². The number of benzene rings is 2. The minimum absolute atomic E-state index is 0.0509. The van der Waals surface area contributed by atoms with E-state index in [1.165, 1.54) is 6.07 Å². The zero-order valence-corrected chi connectivity index (χ0v) is 17.4. The Hall–Kier alpha value is -3.55. The number of aromatic amines is 1. The molecule has 0 saturated carbocycles. The van der Waals surface area contributed by atoms with Crippen molar-refractivity contribution >= 4 is 5.91 Å². The molecule has 0 saturated heterocycles. The fraction of sp³-hybridized carbons (Fsp3) is 0.304. The Bertz CT molecular complexity index is 1070. The highest BCUT2D eigenvalue weighted by Crippen LogP contribution is 2.18. The Morgan fingerprint density at radius 3 is 2.61 bits per heavy atom. The number of carbonyl (C=O) groups excluding carboxylic acids is 1. The molecule has 0 bridgehead atoms. The van der Waals surface area contributed by atoms with Crippen molar-refractivity contribution in [2.45, 2.75) is 39.2 Å². The highest BCUT2D eigenvalue weighted by molar-refractivity contribution is 5.76. The highest BCUT2D eigenvalue weighted by atomic mass is 19.1. The van der Waals surface area contributed by atoms with Crippen LogP contribution in [0.5, 0.6) is 5.75 Å². The number of H-pyrrole nitrogens is 1. The summed E-state index contributed by atoms with van der Waals surface area (Å²) in [4.78, 5) is 27.0. The second kappa shape index (κ2) is 11.0. The van der Waals surface area contributed by atoms with Crippen LogP contribution in [0.4, 0.5) is 4.39 Å². The summed E-state index contributed by atoms with van der Waals surface area (Å²) in [5, 5.41) is 10.7. The van der Waals surface area contributed by atoms with E-state index in [0.29, 0.717) is 23.6 Å². The predicted octanol–water partition coefficient (Wildman–Crippen LogP) is 3.40. The third-order valence-electron chi connectivity index (χ3n) is 4.68. The highest BCUT2D eigenvalue weighted by Gasteiger charge is 2.10. The number of amides is 1. The molecule has 1 heterocycles. The molecule has 3 rings (SSSR count). The average Bonchev–Trinajstić information content (AvgIpc) is 2.78. The zero-order valence-electron chi connectivity index (χ0n) is 17.4. The second-order valence-corrected chi connectivity index (χ2v) is 7.04. The monoisotopic (exact) mass is 424 g/mol. The van der Waals surface area contributed by atoms with Crippen LogP contribution in [0, 0.1) is 5.82 Å². The first-order chi connectivity index (χ1) is 15.1. The maximum atomic E-state index is 13.6. The van der Waals surface area contributed by atoms with Gasteiger partial charge in [-0.3, -0.25) is 9.59 Å². The fourth-order valence-corrected chi connectivity index (χ4v) is 2.85. The van der Waals surface area contributed by atoms with Gasteiger partial charge >= 0.3 is 0 Å². The average molecular weight is 424 g/mol. The Balaban J connectivity index is 1.54. The number of nitrogens with zero attached hydrogens (tertiary/aromatic N) is 2. The van der Waals surface area contributed by atoms with Gasteiger partial charge in [0.15, 0.2) is 5.82 Å². The zero-order chi connectivity index (χ0) is 22.1. The summed E-state index contributed by atoms with van der Waals surface area (Å²) < 4.78 is 19.2. The van der Waals surface area contributed by atoms with Crippen molar-refractivity contribution in [3.05, 3.63) is 76.0 Å². The van der Waals surface area contributed by atoms with Crippen LogP contribution in [0.25, 0.3) is 11.4 Å². The first kappa shape index (κ1) is 22.1. The number of rotatable bonds is 10. The first-order valence-electron chi connectivity index (χ1n) is 10.3. The number of ether oxygens (including phenoxy) is 1. The van der Waals surface area contributed by atoms with E-state index in [9.17, 15) is 14.0 Å². The molecule has 0 radical (unpaired) electrons. The molecule has 0 aliphatic heterocycles. The van der Waals surface area contributed by atoms with E-state index in [1.54, 1.807) is 30.3 Å². The Kier molecular flexibility index (Phi) is 7.86. The lowest BCUT2D eigenvalue weighted by Gasteiger charge is -2.07. The largest absolute Gasteiger partial charge is 0.494 e. The summed E-state index contributed by atoms with van der Waals surface area (Å²) in [5.74, 6) is 0.428. The van der Waals surface area contributed by atoms with Gasteiger partial charge < -0.3 is 15.0 Å². The van der Waals surface area contributed by atoms with Crippen molar-refractivity contribution in [2.75, 3.05) is 6.61 Å². The lowest BCUT2D eigenvalue weighted by atomic mass is 10.2. The van der Waals surface area contributed by atoms with E-state index < -0.39 is 5.56 Å². The predicted molar refractivity (Wildman–Crippen MR) is 115 cm³/mol. The maximum Gasteiger partial charge on any atom is 0.273 e. The molecule has 8 heteroatoms. The van der Waals surface area contributed by atoms with E-state index in [1.807, 2.05) is 12.1 Å². The molecule has 0 aliphatic carbocycles. The van der Waals surface area contributed by atoms with Gasteiger partial charge in [-0.25, -0.2) is 4.39 Å². The molecule has 0 spiro atoms. The van der Waals surface area contributed by atoms with Crippen molar-refractivity contribution < 1.29 is 13.9 Å². The topological polar surface area (TPSA) is 97.0 Å². The lowest BCUT2D eigenvalue weighted by molar-refractivity contribution is -0.121. The second-order valence-electron chi connectivity index (χ2n) is 7.04. The van der Waals surface area contributed by atoms with Crippen molar-refractivity contribution in [1.82, 2.24) is 20.5 Å². The normalized spacial score (nSPS) is 10.6. The summed E-state index contributed by atoms with van der Waals surface area (Å²) >= 11 is 0. The van der Waals surface area contributed by atoms with Gasteiger partial charge in [-0.15, -0.1) is 10.2 Å². The molecular formula is C23H25FN4O3. The first-order valence-corrected chi connectivity index (χ1v) is 10.3. The van der Waals surface area contributed by atoms with Gasteiger partial charge in [0.05, 0.1) is 6.61 Å². The van der Waals surface area contributed by atoms with Crippen molar-refractivity contribution in [3.8, 4) is 17.1 Å². The molecule has 2 aromatic carbocycles. The van der Waals surface area contributed by atoms with E-state index in [4.69, 9.17) is 4.74 Å². The standard InChI is InChI=1S/C23H25FN4O3/c1-2-3-14-31-18-10-8-16(9-11-18)22-26-23(30)20(27-28-22)12-13-21(29)25-15-17-6-4-5-7-19(17)24/h4-11H,2-3,12-15H2,1H3,(H,25,29)(H,26,28,30). The van der Waals surface area contributed by atoms with Crippen molar-refractivity contribution in [3.63, 3.8) is 0 Å². The quantitative estimate of drug-likeness (QED) is 0.486. The molecule has 162 valence electrons. The number of nitrogens with one attached hydrogen (secondary N) is 2. The molecule has 2 N–H and O–H groups in total. The minimum atomic E-state index is -0.393. The number of halogens is 1. The fourth-order valence-electron chi connectivity index (χ4n) is 2.85. The Morgan fingerprint density at radius 1 is 1.13 bits per heavy atom. The van der Waals surface area contributed by atoms with Crippen molar-refractivity contribution in [2.24, 2.45) is 0 Å². The molecule has 3 aromatic rings. The van der Waals surface area contributed by atoms with Gasteiger partial charge in [-0.1, -0.05) is 31.5 Å². The Labute approximate surface area is 179 Å². The number of carbonyl (C=O) groups is 1. The van der Waals surface area contributed by atoms with Crippen LogP contribution in [0.3, 0.4) is 0 Å². The van der Waals surface area contributed by atoms with E-state index in [2.05, 4.69) is 27.4 Å². The Morgan fingerprint density at radius 2 is 1.90 bits per heavy atom. The third-order valence-corrected chi connectivity index (χ3v) is 4.68. The number of hydrogen-bond donors (Lipinski definition) is 2. The number of aromatic nitrogens is 3. The molecular weight excluding hydrogens is 399 g/mol. The molecule has 1 aromatic heterocycles. The van der Waals surface area contributed by atoms with Gasteiger partial charge in [0, 0.05) is 30.5 Å². The summed E-state index contributed by atoms with van der Waals surface area (Å²) in [6, 6.07) is 13.5. The molecule has 0 fully saturated rings. The molecule has 0 atom stereocenters. The molecule has 7 nitrogen and oxygen atoms in total. The summed E-state index contributed by atoms with van der Waals surface area (Å²) in [6.07, 6.45) is 2.24. The van der Waals surface area contributed by atoms with Gasteiger partial charge in [-0.2, -0.15) is 0 Å². The molecule has 31 heavy (non-hydrogen) atoms. The molecule has 1 amide bonds. The number of aryl methyl sites for hydroxylation is 1. The summed E-state index contributed by atoms with van der Waals surface area (Å²) in [5.41, 5.74) is 0.890. The van der Waals surface area contributed by atoms with Crippen LogP contribution in [0.15, 0.2) is 53.3 Å². The van der Waals surface area contributed by atoms with Crippen LogP contribution >= 0.6 is 0 Å². The van der Waals surface area contributed by atoms with Crippen LogP contribution < -0.4 is 15.6 Å². The summed E-state index contributed by atoms with van der Waals surface area (Å²) in [6.45, 7) is 2.85. The van der Waals surface area contributed by atoms with Crippen molar-refractivity contribution in [1.29, 1.82) is 0 Å². The molecule has 0 unspecified atom stereocenters. The number of unbranched alkanes of at least 4 members (excludes halogenated alkanes) is 1. The van der Waals surface area contributed by atoms with Gasteiger partial charge in [0.25, 0.3) is 5.56 Å². The number of hydrogen-bond acceptors (Lipinski definition) is 5. The third kappa shape index (κ3) is 6.47. The SMILES string of the molecule is CCCCOc1ccc(-c2nnc(CCC(=O)NCc3ccccc3F)c(=O)[nH]2)cc1. The lowest BCUT2D eigenvalue weighted by Crippen LogP contribution is -2.25. The molecule has 0 aliphatic rings. The van der Waals surface area contributed by atoms with Crippen LogP contribution in [0.2, 0.25) is 0 Å². The van der Waals surface area contributed by atoms with Gasteiger partial charge in [0.1, 0.15) is 17.3 Å². The van der Waals surface area contributed by atoms with E-state index in [-0.39, 0.29) is 36.8 Å². The smallest absolute Gasteiger partial charge is 0.273 e. The van der Waals surface area contributed by atoms with Crippen LogP contribution in [-0.2, 0) is 17.8 Å². The van der Waals surface area contributed by atoms with Gasteiger partial charge in [0.2, 0.25) is 5.91 Å². The summed E-state index contributed by atoms with van der Waals surface area (Å²) in [7, 11) is 0. The maximum absolute atomic E-state index is 13.6. The van der Waals surface area contributed by atoms with Gasteiger partial charge in [-0.05, 0) is 36.8 Å². The van der Waals surface area contributed by atoms with E-state index in [0.717, 1.165) is 18.6 Å². The van der Waals surface area contributed by atoms with Crippen LogP contribution in [0.1, 0.15) is 37.4 Å². The van der Waals surface area contributed by atoms with Crippen LogP contribution in [-0.4, -0.2) is 27.7 Å².